The molecule has 1 aliphatic rings. The number of anilines is 1. The smallest absolute Gasteiger partial charge is 0.257 e. The Morgan fingerprint density at radius 3 is 2.49 bits per heavy atom. The van der Waals surface area contributed by atoms with Gasteiger partial charge in [-0.05, 0) is 60.2 Å². The zero-order chi connectivity index (χ0) is 31.8. The number of halogens is 2. The Morgan fingerprint density at radius 2 is 1.76 bits per heavy atom. The van der Waals surface area contributed by atoms with E-state index in [2.05, 4.69) is 25.8 Å². The van der Waals surface area contributed by atoms with Crippen LogP contribution < -0.4 is 25.4 Å². The first-order chi connectivity index (χ1) is 21.8. The zero-order valence-corrected chi connectivity index (χ0v) is 25.2. The molecule has 0 aliphatic carbocycles. The monoisotopic (exact) mass is 635 g/mol. The normalized spacial score (nSPS) is 13.2. The molecule has 10 nitrogen and oxygen atoms in total. The number of rotatable bonds is 10. The Bertz CT molecular complexity index is 1700. The summed E-state index contributed by atoms with van der Waals surface area (Å²) in [5, 5.41) is 8.68. The first kappa shape index (κ1) is 31.7. The van der Waals surface area contributed by atoms with Gasteiger partial charge >= 0.3 is 0 Å². The van der Waals surface area contributed by atoms with Gasteiger partial charge in [0, 0.05) is 49.5 Å². The molecule has 3 N–H and O–H groups in total. The van der Waals surface area contributed by atoms with Gasteiger partial charge in [0.2, 0.25) is 5.91 Å². The highest BCUT2D eigenvalue weighted by Gasteiger charge is 2.21. The minimum absolute atomic E-state index is 0.00713. The molecule has 4 aromatic rings. The third-order valence-corrected chi connectivity index (χ3v) is 7.24. The van der Waals surface area contributed by atoms with E-state index in [1.54, 1.807) is 18.2 Å². The SMILES string of the molecule is COc1ccc2c(Oc3ccc(NC(=S)NC(=O)Cc4ccc(F)cc4)cc3F)ccnc2c1C(=O)NCCN1CCOCC1. The van der Waals surface area contributed by atoms with Gasteiger partial charge in [0.1, 0.15) is 22.9 Å². The average Bonchev–Trinajstić information content (AvgIpc) is 3.03. The van der Waals surface area contributed by atoms with Gasteiger partial charge in [-0.2, -0.15) is 0 Å². The van der Waals surface area contributed by atoms with E-state index in [-0.39, 0.29) is 40.2 Å². The number of carbonyl (C=O) groups is 2. The summed E-state index contributed by atoms with van der Waals surface area (Å²) in [6, 6.07) is 14.6. The largest absolute Gasteiger partial charge is 0.496 e. The molecule has 1 fully saturated rings. The Morgan fingerprint density at radius 1 is 1.00 bits per heavy atom. The Balaban J connectivity index is 1.25. The molecule has 45 heavy (non-hydrogen) atoms. The molecule has 5 rings (SSSR count). The van der Waals surface area contributed by atoms with Crippen LogP contribution in [0.2, 0.25) is 0 Å². The number of carbonyl (C=O) groups excluding carboxylic acids is 2. The van der Waals surface area contributed by atoms with Gasteiger partial charge in [0.25, 0.3) is 5.91 Å². The molecule has 3 aromatic carbocycles. The average molecular weight is 636 g/mol. The van der Waals surface area contributed by atoms with Crippen molar-refractivity contribution in [1.29, 1.82) is 0 Å². The lowest BCUT2D eigenvalue weighted by molar-refractivity contribution is -0.119. The number of pyridine rings is 1. The molecule has 1 saturated heterocycles. The number of thiocarbonyl (C=S) groups is 1. The van der Waals surface area contributed by atoms with E-state index in [1.165, 1.54) is 55.8 Å². The molecule has 0 saturated carbocycles. The number of hydrogen-bond acceptors (Lipinski definition) is 8. The Kier molecular flexibility index (Phi) is 10.5. The van der Waals surface area contributed by atoms with Crippen LogP contribution in [0, 0.1) is 11.6 Å². The number of morpholine rings is 1. The second-order valence-electron chi connectivity index (χ2n) is 10.1. The molecule has 1 aromatic heterocycles. The number of nitrogens with one attached hydrogen (secondary N) is 3. The minimum atomic E-state index is -0.694. The van der Waals surface area contributed by atoms with Crippen molar-refractivity contribution in [3.63, 3.8) is 0 Å². The van der Waals surface area contributed by atoms with Crippen molar-refractivity contribution >= 4 is 45.7 Å². The maximum Gasteiger partial charge on any atom is 0.257 e. The molecule has 2 amide bonds. The van der Waals surface area contributed by atoms with Gasteiger partial charge < -0.3 is 30.2 Å². The molecule has 0 spiro atoms. The van der Waals surface area contributed by atoms with Crippen LogP contribution in [0.3, 0.4) is 0 Å². The van der Waals surface area contributed by atoms with Gasteiger partial charge in [-0.15, -0.1) is 0 Å². The molecular formula is C32H31F2N5O5S. The summed E-state index contributed by atoms with van der Waals surface area (Å²) in [5.74, 6) is -1.30. The van der Waals surface area contributed by atoms with Crippen LogP contribution in [-0.2, 0) is 16.0 Å². The fraction of sp³-hybridized carbons (Fsp3) is 0.250. The summed E-state index contributed by atoms with van der Waals surface area (Å²) in [7, 11) is 1.47. The van der Waals surface area contributed by atoms with E-state index in [1.807, 2.05) is 0 Å². The molecule has 0 atom stereocenters. The fourth-order valence-corrected chi connectivity index (χ4v) is 5.03. The number of amides is 2. The molecule has 0 radical (unpaired) electrons. The zero-order valence-electron chi connectivity index (χ0n) is 24.4. The van der Waals surface area contributed by atoms with Crippen LogP contribution in [0.5, 0.6) is 17.2 Å². The standard InChI is InChI=1S/C32H31F2N5O5S/c1-42-27-9-7-23-25(10-11-35-30(23)29(27)31(41)36-12-13-39-14-16-43-17-15-39)44-26-8-6-22(19-24(26)34)37-32(45)38-28(40)18-20-2-4-21(33)5-3-20/h2-11,19H,12-18H2,1H3,(H,36,41)(H2,37,38,40,45). The molecular weight excluding hydrogens is 604 g/mol. The van der Waals surface area contributed by atoms with Crippen molar-refractivity contribution in [2.24, 2.45) is 0 Å². The van der Waals surface area contributed by atoms with Crippen molar-refractivity contribution < 1.29 is 32.6 Å². The fourth-order valence-electron chi connectivity index (χ4n) is 4.79. The van der Waals surface area contributed by atoms with Gasteiger partial charge in [0.05, 0.1) is 32.3 Å². The Hall–Kier alpha value is -4.72. The lowest BCUT2D eigenvalue weighted by Crippen LogP contribution is -2.41. The maximum absolute atomic E-state index is 15.2. The molecule has 234 valence electrons. The summed E-state index contributed by atoms with van der Waals surface area (Å²) < 4.78 is 45.0. The van der Waals surface area contributed by atoms with Gasteiger partial charge in [-0.25, -0.2) is 8.78 Å². The topological polar surface area (TPSA) is 114 Å². The van der Waals surface area contributed by atoms with Crippen LogP contribution in [-0.4, -0.2) is 73.3 Å². The highest BCUT2D eigenvalue weighted by Crippen LogP contribution is 2.35. The van der Waals surface area contributed by atoms with E-state index in [0.717, 1.165) is 13.1 Å². The predicted octanol–water partition coefficient (Wildman–Crippen LogP) is 4.43. The van der Waals surface area contributed by atoms with Gasteiger partial charge in [-0.3, -0.25) is 19.5 Å². The number of methoxy groups -OCH3 is 1. The van der Waals surface area contributed by atoms with Crippen molar-refractivity contribution in [3.05, 3.63) is 89.6 Å². The van der Waals surface area contributed by atoms with E-state index < -0.39 is 17.5 Å². The number of nitrogens with zero attached hydrogens (tertiary/aromatic N) is 2. The van der Waals surface area contributed by atoms with Crippen LogP contribution in [0.25, 0.3) is 10.9 Å². The quantitative estimate of drug-likeness (QED) is 0.218. The van der Waals surface area contributed by atoms with Crippen molar-refractivity contribution in [2.45, 2.75) is 6.42 Å². The van der Waals surface area contributed by atoms with E-state index in [0.29, 0.717) is 48.5 Å². The summed E-state index contributed by atoms with van der Waals surface area (Å²) >= 11 is 5.18. The van der Waals surface area contributed by atoms with Crippen LogP contribution in [0.4, 0.5) is 14.5 Å². The second kappa shape index (κ2) is 14.8. The highest BCUT2D eigenvalue weighted by atomic mass is 32.1. The third-order valence-electron chi connectivity index (χ3n) is 7.04. The van der Waals surface area contributed by atoms with Crippen molar-refractivity contribution in [2.75, 3.05) is 51.8 Å². The van der Waals surface area contributed by atoms with Crippen LogP contribution >= 0.6 is 12.2 Å². The number of benzene rings is 3. The highest BCUT2D eigenvalue weighted by molar-refractivity contribution is 7.80. The second-order valence-corrected chi connectivity index (χ2v) is 10.5. The molecule has 1 aliphatic heterocycles. The first-order valence-electron chi connectivity index (χ1n) is 14.2. The summed E-state index contributed by atoms with van der Waals surface area (Å²) in [5.41, 5.74) is 1.49. The minimum Gasteiger partial charge on any atom is -0.496 e. The molecule has 0 bridgehead atoms. The molecule has 0 unspecified atom stereocenters. The summed E-state index contributed by atoms with van der Waals surface area (Å²) in [4.78, 5) is 32.2. The van der Waals surface area contributed by atoms with Gasteiger partial charge in [0.15, 0.2) is 16.7 Å². The maximum atomic E-state index is 15.2. The number of aromatic nitrogens is 1. The summed E-state index contributed by atoms with van der Waals surface area (Å²) in [6.45, 7) is 4.08. The van der Waals surface area contributed by atoms with Gasteiger partial charge in [-0.1, -0.05) is 12.1 Å². The summed E-state index contributed by atoms with van der Waals surface area (Å²) in [6.07, 6.45) is 1.47. The number of hydrogen-bond donors (Lipinski definition) is 3. The van der Waals surface area contributed by atoms with Crippen molar-refractivity contribution in [1.82, 2.24) is 20.5 Å². The Labute approximate surface area is 263 Å². The predicted molar refractivity (Wildman–Crippen MR) is 169 cm³/mol. The lowest BCUT2D eigenvalue weighted by atomic mass is 10.1. The molecule has 13 heteroatoms. The van der Waals surface area contributed by atoms with E-state index in [9.17, 15) is 14.0 Å². The van der Waals surface area contributed by atoms with Crippen molar-refractivity contribution in [3.8, 4) is 17.2 Å². The lowest BCUT2D eigenvalue weighted by Gasteiger charge is -2.26. The van der Waals surface area contributed by atoms with Crippen LogP contribution in [0.1, 0.15) is 15.9 Å². The molecule has 2 heterocycles. The number of ether oxygens (including phenoxy) is 3. The third kappa shape index (κ3) is 8.26. The van der Waals surface area contributed by atoms with E-state index >= 15 is 4.39 Å². The number of fused-ring (bicyclic) bond motifs is 1. The van der Waals surface area contributed by atoms with Crippen LogP contribution in [0.15, 0.2) is 66.9 Å². The first-order valence-corrected chi connectivity index (χ1v) is 14.6. The van der Waals surface area contributed by atoms with E-state index in [4.69, 9.17) is 26.4 Å².